The van der Waals surface area contributed by atoms with Crippen LogP contribution in [0.2, 0.25) is 10.0 Å². The molecule has 110 valence electrons. The molecule has 0 saturated carbocycles. The summed E-state index contributed by atoms with van der Waals surface area (Å²) < 4.78 is 0. The topological polar surface area (TPSA) is 41.1 Å². The van der Waals surface area contributed by atoms with Crippen molar-refractivity contribution >= 4 is 34.9 Å². The molecule has 0 aliphatic carbocycles. The molecule has 0 aromatic heterocycles. The molecule has 0 unspecified atom stereocenters. The molecule has 0 heterocycles. The third-order valence-electron chi connectivity index (χ3n) is 3.09. The number of halogens is 2. The zero-order valence-electron chi connectivity index (χ0n) is 11.6. The first-order valence-electron chi connectivity index (χ1n) is 6.60. The number of carbonyl (C=O) groups excluding carboxylic acids is 1. The van der Waals surface area contributed by atoms with E-state index in [4.69, 9.17) is 23.2 Å². The van der Waals surface area contributed by atoms with Crippen molar-refractivity contribution in [3.05, 3.63) is 63.6 Å². The minimum Gasteiger partial charge on any atom is -0.338 e. The Morgan fingerprint density at radius 1 is 1.14 bits per heavy atom. The summed E-state index contributed by atoms with van der Waals surface area (Å²) in [6, 6.07) is 12.8. The summed E-state index contributed by atoms with van der Waals surface area (Å²) in [5, 5.41) is 6.84. The summed E-state index contributed by atoms with van der Waals surface area (Å²) in [6.07, 6.45) is 0.650. The molecule has 0 bridgehead atoms. The lowest BCUT2D eigenvalue weighted by molar-refractivity contribution is 0.252. The molecule has 2 rings (SSSR count). The van der Waals surface area contributed by atoms with E-state index >= 15 is 0 Å². The lowest BCUT2D eigenvalue weighted by Gasteiger charge is -2.10. The van der Waals surface area contributed by atoms with Gasteiger partial charge in [-0.15, -0.1) is 0 Å². The second-order valence-electron chi connectivity index (χ2n) is 4.68. The first kappa shape index (κ1) is 15.7. The first-order chi connectivity index (χ1) is 10.1. The molecule has 21 heavy (non-hydrogen) atoms. The van der Waals surface area contributed by atoms with E-state index in [2.05, 4.69) is 10.6 Å². The standard InChI is InChI=1S/C16H16Cl2N2O/c1-11-4-2-3-5-15(11)20-16(21)19-9-8-12-6-7-13(17)10-14(12)18/h2-7,10H,8-9H2,1H3,(H2,19,20,21). The second-order valence-corrected chi connectivity index (χ2v) is 5.53. The van der Waals surface area contributed by atoms with Crippen LogP contribution in [0.5, 0.6) is 0 Å². The molecule has 2 aromatic rings. The SMILES string of the molecule is Cc1ccccc1NC(=O)NCCc1ccc(Cl)cc1Cl. The van der Waals surface area contributed by atoms with Crippen LogP contribution in [0, 0.1) is 6.92 Å². The highest BCUT2D eigenvalue weighted by molar-refractivity contribution is 6.35. The maximum Gasteiger partial charge on any atom is 0.319 e. The van der Waals surface area contributed by atoms with Gasteiger partial charge >= 0.3 is 6.03 Å². The van der Waals surface area contributed by atoms with Crippen LogP contribution in [-0.4, -0.2) is 12.6 Å². The zero-order valence-corrected chi connectivity index (χ0v) is 13.1. The molecule has 0 radical (unpaired) electrons. The van der Waals surface area contributed by atoms with Gasteiger partial charge in [-0.3, -0.25) is 0 Å². The number of anilines is 1. The van der Waals surface area contributed by atoms with E-state index in [1.54, 1.807) is 12.1 Å². The number of hydrogen-bond donors (Lipinski definition) is 2. The van der Waals surface area contributed by atoms with Crippen LogP contribution in [0.25, 0.3) is 0 Å². The van der Waals surface area contributed by atoms with Crippen LogP contribution in [0.3, 0.4) is 0 Å². The molecule has 0 spiro atoms. The van der Waals surface area contributed by atoms with Gasteiger partial charge in [-0.1, -0.05) is 47.5 Å². The number of urea groups is 1. The normalized spacial score (nSPS) is 10.2. The summed E-state index contributed by atoms with van der Waals surface area (Å²) in [6.45, 7) is 2.45. The number of rotatable bonds is 4. The smallest absolute Gasteiger partial charge is 0.319 e. The molecule has 0 aliphatic heterocycles. The quantitative estimate of drug-likeness (QED) is 0.844. The maximum absolute atomic E-state index is 11.8. The van der Waals surface area contributed by atoms with E-state index in [0.717, 1.165) is 16.8 Å². The summed E-state index contributed by atoms with van der Waals surface area (Å²) in [4.78, 5) is 11.8. The average molecular weight is 323 g/mol. The van der Waals surface area contributed by atoms with Crippen molar-refractivity contribution in [3.63, 3.8) is 0 Å². The molecule has 0 saturated heterocycles. The summed E-state index contributed by atoms with van der Waals surface area (Å²) >= 11 is 11.9. The minimum absolute atomic E-state index is 0.227. The Hall–Kier alpha value is -1.71. The number of nitrogens with one attached hydrogen (secondary N) is 2. The molecule has 3 nitrogen and oxygen atoms in total. The van der Waals surface area contributed by atoms with Crippen molar-refractivity contribution in [2.24, 2.45) is 0 Å². The van der Waals surface area contributed by atoms with Gasteiger partial charge < -0.3 is 10.6 Å². The van der Waals surface area contributed by atoms with Crippen molar-refractivity contribution < 1.29 is 4.79 Å². The molecule has 2 aromatic carbocycles. The predicted molar refractivity (Wildman–Crippen MR) is 88.4 cm³/mol. The van der Waals surface area contributed by atoms with Crippen LogP contribution in [-0.2, 0) is 6.42 Å². The highest BCUT2D eigenvalue weighted by Gasteiger charge is 2.05. The van der Waals surface area contributed by atoms with Gasteiger partial charge in [0.2, 0.25) is 0 Å². The molecule has 5 heteroatoms. The molecule has 2 amide bonds. The maximum atomic E-state index is 11.8. The van der Waals surface area contributed by atoms with Gasteiger partial charge in [0.05, 0.1) is 0 Å². The highest BCUT2D eigenvalue weighted by Crippen LogP contribution is 2.21. The van der Waals surface area contributed by atoms with Crippen LogP contribution in [0.4, 0.5) is 10.5 Å². The van der Waals surface area contributed by atoms with Crippen LogP contribution in [0.15, 0.2) is 42.5 Å². The Labute approximate surface area is 134 Å². The molecular formula is C16H16Cl2N2O. The van der Waals surface area contributed by atoms with Crippen molar-refractivity contribution in [2.75, 3.05) is 11.9 Å². The third-order valence-corrected chi connectivity index (χ3v) is 3.68. The first-order valence-corrected chi connectivity index (χ1v) is 7.36. The molecule has 0 fully saturated rings. The zero-order chi connectivity index (χ0) is 15.2. The average Bonchev–Trinajstić information content (AvgIpc) is 2.44. The molecular weight excluding hydrogens is 307 g/mol. The number of benzene rings is 2. The van der Waals surface area contributed by atoms with E-state index in [9.17, 15) is 4.79 Å². The molecule has 0 atom stereocenters. The number of hydrogen-bond acceptors (Lipinski definition) is 1. The Bertz CT molecular complexity index is 644. The van der Waals surface area contributed by atoms with E-state index in [0.29, 0.717) is 23.0 Å². The summed E-state index contributed by atoms with van der Waals surface area (Å²) in [7, 11) is 0. The van der Waals surface area contributed by atoms with Gasteiger partial charge in [0.25, 0.3) is 0 Å². The van der Waals surface area contributed by atoms with E-state index in [1.165, 1.54) is 0 Å². The van der Waals surface area contributed by atoms with Gasteiger partial charge in [-0.05, 0) is 42.7 Å². The predicted octanol–water partition coefficient (Wildman–Crippen LogP) is 4.67. The fourth-order valence-electron chi connectivity index (χ4n) is 1.91. The van der Waals surface area contributed by atoms with Crippen molar-refractivity contribution in [1.29, 1.82) is 0 Å². The fraction of sp³-hybridized carbons (Fsp3) is 0.188. The Balaban J connectivity index is 1.83. The van der Waals surface area contributed by atoms with E-state index < -0.39 is 0 Å². The van der Waals surface area contributed by atoms with Crippen molar-refractivity contribution in [2.45, 2.75) is 13.3 Å². The van der Waals surface area contributed by atoms with Gasteiger partial charge in [0.15, 0.2) is 0 Å². The number of aryl methyl sites for hydroxylation is 1. The van der Waals surface area contributed by atoms with E-state index in [-0.39, 0.29) is 6.03 Å². The summed E-state index contributed by atoms with van der Waals surface area (Å²) in [5.74, 6) is 0. The minimum atomic E-state index is -0.227. The summed E-state index contributed by atoms with van der Waals surface area (Å²) in [5.41, 5.74) is 2.78. The largest absolute Gasteiger partial charge is 0.338 e. The van der Waals surface area contributed by atoms with Gasteiger partial charge in [0, 0.05) is 22.3 Å². The van der Waals surface area contributed by atoms with Crippen molar-refractivity contribution in [1.82, 2.24) is 5.32 Å². The van der Waals surface area contributed by atoms with Crippen LogP contribution in [0.1, 0.15) is 11.1 Å². The Morgan fingerprint density at radius 3 is 2.62 bits per heavy atom. The van der Waals surface area contributed by atoms with Gasteiger partial charge in [0.1, 0.15) is 0 Å². The lowest BCUT2D eigenvalue weighted by atomic mass is 10.1. The number of amides is 2. The molecule has 0 aliphatic rings. The second kappa shape index (κ2) is 7.34. The monoisotopic (exact) mass is 322 g/mol. The van der Waals surface area contributed by atoms with Gasteiger partial charge in [-0.25, -0.2) is 4.79 Å². The Morgan fingerprint density at radius 2 is 1.90 bits per heavy atom. The lowest BCUT2D eigenvalue weighted by Crippen LogP contribution is -2.30. The fourth-order valence-corrected chi connectivity index (χ4v) is 2.42. The van der Waals surface area contributed by atoms with E-state index in [1.807, 2.05) is 37.3 Å². The Kier molecular flexibility index (Phi) is 5.48. The van der Waals surface area contributed by atoms with Crippen LogP contribution >= 0.6 is 23.2 Å². The highest BCUT2D eigenvalue weighted by atomic mass is 35.5. The third kappa shape index (κ3) is 4.66. The van der Waals surface area contributed by atoms with Crippen molar-refractivity contribution in [3.8, 4) is 0 Å². The van der Waals surface area contributed by atoms with Crippen LogP contribution < -0.4 is 10.6 Å². The number of para-hydroxylation sites is 1. The molecule has 2 N–H and O–H groups in total. The number of carbonyl (C=O) groups is 1. The van der Waals surface area contributed by atoms with Gasteiger partial charge in [-0.2, -0.15) is 0 Å².